The third-order valence-electron chi connectivity index (χ3n) is 1.68. The van der Waals surface area contributed by atoms with E-state index in [1.807, 2.05) is 4.90 Å². The van der Waals surface area contributed by atoms with E-state index in [0.29, 0.717) is 6.54 Å². The van der Waals surface area contributed by atoms with Gasteiger partial charge in [-0.1, -0.05) is 6.92 Å². The van der Waals surface area contributed by atoms with Crippen molar-refractivity contribution in [2.45, 2.75) is 13.3 Å². The van der Waals surface area contributed by atoms with Crippen molar-refractivity contribution in [1.82, 2.24) is 10.2 Å². The van der Waals surface area contributed by atoms with Crippen LogP contribution in [0.5, 0.6) is 0 Å². The molecule has 1 aliphatic heterocycles. The van der Waals surface area contributed by atoms with Gasteiger partial charge in [0.2, 0.25) is 5.91 Å². The molecule has 0 atom stereocenters. The molecule has 5 heteroatoms. The molecule has 0 aromatic rings. The van der Waals surface area contributed by atoms with Crippen molar-refractivity contribution in [3.63, 3.8) is 0 Å². The summed E-state index contributed by atoms with van der Waals surface area (Å²) in [5, 5.41) is 3.03. The molecule has 0 aliphatic carbocycles. The van der Waals surface area contributed by atoms with Crippen LogP contribution >= 0.6 is 12.4 Å². The molecule has 1 fully saturated rings. The Kier molecular flexibility index (Phi) is 8.69. The van der Waals surface area contributed by atoms with Crippen molar-refractivity contribution < 1.29 is 10.3 Å². The largest absolute Gasteiger partial charge is 0.412 e. The van der Waals surface area contributed by atoms with Crippen molar-refractivity contribution in [2.75, 3.05) is 26.2 Å². The lowest BCUT2D eigenvalue weighted by Gasteiger charge is -2.26. The van der Waals surface area contributed by atoms with Crippen LogP contribution in [0.4, 0.5) is 0 Å². The van der Waals surface area contributed by atoms with Crippen molar-refractivity contribution in [3.05, 3.63) is 0 Å². The monoisotopic (exact) mass is 196 g/mol. The molecule has 0 spiro atoms. The van der Waals surface area contributed by atoms with Gasteiger partial charge in [-0.05, 0) is 6.42 Å². The Bertz CT molecular complexity index is 131. The third kappa shape index (κ3) is 3.90. The van der Waals surface area contributed by atoms with Crippen LogP contribution in [0.25, 0.3) is 0 Å². The first-order chi connectivity index (χ1) is 4.84. The molecule has 0 saturated carbocycles. The number of piperazine rings is 1. The molecule has 0 unspecified atom stereocenters. The van der Waals surface area contributed by atoms with Crippen molar-refractivity contribution in [2.24, 2.45) is 0 Å². The van der Waals surface area contributed by atoms with Gasteiger partial charge in [0.15, 0.2) is 0 Å². The maximum Gasteiger partial charge on any atom is 0.236 e. The van der Waals surface area contributed by atoms with Gasteiger partial charge in [-0.15, -0.1) is 12.4 Å². The van der Waals surface area contributed by atoms with Crippen molar-refractivity contribution in [3.8, 4) is 0 Å². The van der Waals surface area contributed by atoms with Gasteiger partial charge in [0, 0.05) is 19.6 Å². The van der Waals surface area contributed by atoms with E-state index >= 15 is 0 Å². The van der Waals surface area contributed by atoms with Crippen LogP contribution in [0.1, 0.15) is 13.3 Å². The van der Waals surface area contributed by atoms with Gasteiger partial charge < -0.3 is 15.7 Å². The van der Waals surface area contributed by atoms with Gasteiger partial charge in [0.25, 0.3) is 0 Å². The molecule has 0 radical (unpaired) electrons. The van der Waals surface area contributed by atoms with E-state index in [9.17, 15) is 4.79 Å². The summed E-state index contributed by atoms with van der Waals surface area (Å²) < 4.78 is 0. The first kappa shape index (κ1) is 14.2. The standard InChI is InChI=1S/C7H14N2O.ClH.H2O/c1-2-4-9-5-3-8-6-7(9)10;;/h8H,2-6H2,1H3;1H;1H2. The second-order valence-corrected chi connectivity index (χ2v) is 2.56. The minimum atomic E-state index is 0. The molecule has 1 aliphatic rings. The van der Waals surface area contributed by atoms with Crippen LogP contribution in [0.2, 0.25) is 0 Å². The van der Waals surface area contributed by atoms with Gasteiger partial charge in [-0.3, -0.25) is 4.79 Å². The van der Waals surface area contributed by atoms with Gasteiger partial charge >= 0.3 is 0 Å². The van der Waals surface area contributed by atoms with E-state index in [1.165, 1.54) is 0 Å². The third-order valence-corrected chi connectivity index (χ3v) is 1.68. The lowest BCUT2D eigenvalue weighted by Crippen LogP contribution is -2.48. The van der Waals surface area contributed by atoms with E-state index in [0.717, 1.165) is 26.1 Å². The average molecular weight is 197 g/mol. The smallest absolute Gasteiger partial charge is 0.236 e. The number of hydrogen-bond acceptors (Lipinski definition) is 2. The highest BCUT2D eigenvalue weighted by molar-refractivity contribution is 5.85. The molecule has 1 amide bonds. The van der Waals surface area contributed by atoms with Gasteiger partial charge in [-0.2, -0.15) is 0 Å². The zero-order chi connectivity index (χ0) is 7.40. The summed E-state index contributed by atoms with van der Waals surface area (Å²) in [7, 11) is 0. The minimum Gasteiger partial charge on any atom is -0.412 e. The number of amides is 1. The Morgan fingerprint density at radius 2 is 2.25 bits per heavy atom. The number of nitrogens with zero attached hydrogens (tertiary/aromatic N) is 1. The fourth-order valence-corrected chi connectivity index (χ4v) is 1.15. The highest BCUT2D eigenvalue weighted by Gasteiger charge is 2.15. The highest BCUT2D eigenvalue weighted by atomic mass is 35.5. The van der Waals surface area contributed by atoms with E-state index in [-0.39, 0.29) is 23.8 Å². The second-order valence-electron chi connectivity index (χ2n) is 2.56. The van der Waals surface area contributed by atoms with E-state index < -0.39 is 0 Å². The lowest BCUT2D eigenvalue weighted by atomic mass is 10.3. The zero-order valence-electron chi connectivity index (χ0n) is 7.30. The Morgan fingerprint density at radius 3 is 2.75 bits per heavy atom. The van der Waals surface area contributed by atoms with Crippen LogP contribution in [-0.2, 0) is 4.79 Å². The molecule has 1 saturated heterocycles. The quantitative estimate of drug-likeness (QED) is 0.643. The lowest BCUT2D eigenvalue weighted by molar-refractivity contribution is -0.131. The van der Waals surface area contributed by atoms with Crippen LogP contribution < -0.4 is 5.32 Å². The molecule has 74 valence electrons. The van der Waals surface area contributed by atoms with E-state index in [2.05, 4.69) is 12.2 Å². The summed E-state index contributed by atoms with van der Waals surface area (Å²) in [6.45, 7) is 5.37. The van der Waals surface area contributed by atoms with Crippen molar-refractivity contribution >= 4 is 18.3 Å². The summed E-state index contributed by atoms with van der Waals surface area (Å²) in [5.74, 6) is 0.244. The minimum absolute atomic E-state index is 0. The maximum atomic E-state index is 11.0. The molecule has 1 heterocycles. The highest BCUT2D eigenvalue weighted by Crippen LogP contribution is 1.94. The average Bonchev–Trinajstić information content (AvgIpc) is 1.94. The number of carbonyl (C=O) groups excluding carboxylic acids is 1. The number of nitrogens with one attached hydrogen (secondary N) is 1. The number of rotatable bonds is 2. The first-order valence-corrected chi connectivity index (χ1v) is 3.83. The Balaban J connectivity index is 0. The van der Waals surface area contributed by atoms with E-state index in [4.69, 9.17) is 0 Å². The molecule has 12 heavy (non-hydrogen) atoms. The predicted octanol–water partition coefficient (Wildman–Crippen LogP) is -0.575. The zero-order valence-corrected chi connectivity index (χ0v) is 8.12. The van der Waals surface area contributed by atoms with E-state index in [1.54, 1.807) is 0 Å². The molecular formula is C7H17ClN2O2. The summed E-state index contributed by atoms with van der Waals surface area (Å²) >= 11 is 0. The fourth-order valence-electron chi connectivity index (χ4n) is 1.15. The Hall–Kier alpha value is -0.320. The SMILES string of the molecule is CCCN1CCNCC1=O.Cl.O. The first-order valence-electron chi connectivity index (χ1n) is 3.83. The van der Waals surface area contributed by atoms with Gasteiger partial charge in [0.1, 0.15) is 0 Å². The van der Waals surface area contributed by atoms with Crippen LogP contribution in [0, 0.1) is 0 Å². The fraction of sp³-hybridized carbons (Fsp3) is 0.857. The van der Waals surface area contributed by atoms with Gasteiger partial charge in [0.05, 0.1) is 6.54 Å². The molecule has 3 N–H and O–H groups in total. The number of hydrogen-bond donors (Lipinski definition) is 1. The Morgan fingerprint density at radius 1 is 1.58 bits per heavy atom. The van der Waals surface area contributed by atoms with Gasteiger partial charge in [-0.25, -0.2) is 0 Å². The summed E-state index contributed by atoms with van der Waals surface area (Å²) in [4.78, 5) is 13.0. The van der Waals surface area contributed by atoms with Crippen molar-refractivity contribution in [1.29, 1.82) is 0 Å². The summed E-state index contributed by atoms with van der Waals surface area (Å²) in [6.07, 6.45) is 1.06. The summed E-state index contributed by atoms with van der Waals surface area (Å²) in [6, 6.07) is 0. The molecule has 1 rings (SSSR count). The molecule has 0 aromatic carbocycles. The summed E-state index contributed by atoms with van der Waals surface area (Å²) in [5.41, 5.74) is 0. The van der Waals surface area contributed by atoms with Crippen LogP contribution in [-0.4, -0.2) is 42.5 Å². The van der Waals surface area contributed by atoms with Crippen LogP contribution in [0.3, 0.4) is 0 Å². The molecule has 0 bridgehead atoms. The number of carbonyl (C=O) groups is 1. The normalized spacial score (nSPS) is 16.4. The maximum absolute atomic E-state index is 11.0. The molecular weight excluding hydrogens is 180 g/mol. The van der Waals surface area contributed by atoms with Crippen LogP contribution in [0.15, 0.2) is 0 Å². The Labute approximate surface area is 79.0 Å². The topological polar surface area (TPSA) is 63.8 Å². The predicted molar refractivity (Wildman–Crippen MR) is 50.6 cm³/mol. The second kappa shape index (κ2) is 7.34. The number of halogens is 1. The molecule has 0 aromatic heterocycles. The molecule has 4 nitrogen and oxygen atoms in total.